The molecule has 0 aromatic heterocycles. The summed E-state index contributed by atoms with van der Waals surface area (Å²) in [6.45, 7) is 8.48. The van der Waals surface area contributed by atoms with Crippen LogP contribution >= 0.6 is 0 Å². The molecule has 0 spiro atoms. The van der Waals surface area contributed by atoms with Crippen LogP contribution in [-0.4, -0.2) is 23.1 Å². The van der Waals surface area contributed by atoms with Crippen molar-refractivity contribution < 1.29 is 9.53 Å². The lowest BCUT2D eigenvalue weighted by molar-refractivity contribution is 0.0152. The fourth-order valence-corrected chi connectivity index (χ4v) is 4.34. The lowest BCUT2D eigenvalue weighted by Crippen LogP contribution is -2.41. The maximum Gasteiger partial charge on any atom is 0.410 e. The van der Waals surface area contributed by atoms with Gasteiger partial charge in [-0.1, -0.05) is 78.9 Å². The van der Waals surface area contributed by atoms with Gasteiger partial charge in [0.05, 0.1) is 6.04 Å². The van der Waals surface area contributed by atoms with E-state index in [1.165, 1.54) is 21.9 Å². The molecule has 0 saturated carbocycles. The summed E-state index contributed by atoms with van der Waals surface area (Å²) in [5.74, 6) is 0.250. The van der Waals surface area contributed by atoms with Crippen LogP contribution in [0.1, 0.15) is 50.4 Å². The molecule has 0 aliphatic heterocycles. The van der Waals surface area contributed by atoms with Gasteiger partial charge in [-0.3, -0.25) is 0 Å². The van der Waals surface area contributed by atoms with Crippen LogP contribution in [0.3, 0.4) is 0 Å². The van der Waals surface area contributed by atoms with Crippen molar-refractivity contribution in [2.75, 3.05) is 6.54 Å². The van der Waals surface area contributed by atoms with E-state index in [4.69, 9.17) is 4.74 Å². The fraction of sp³-hybridized carbons (Fsp3) is 0.321. The van der Waals surface area contributed by atoms with E-state index in [0.717, 1.165) is 12.0 Å². The largest absolute Gasteiger partial charge is 0.444 e. The Bertz CT molecular complexity index is 1100. The molecule has 3 aromatic rings. The highest BCUT2D eigenvalue weighted by atomic mass is 16.6. The van der Waals surface area contributed by atoms with Crippen molar-refractivity contribution in [2.45, 2.75) is 45.8 Å². The van der Waals surface area contributed by atoms with E-state index in [1.54, 1.807) is 0 Å². The number of carbonyl (C=O) groups is 1. The molecule has 3 nitrogen and oxygen atoms in total. The van der Waals surface area contributed by atoms with Crippen LogP contribution < -0.4 is 0 Å². The predicted octanol–water partition coefficient (Wildman–Crippen LogP) is 7.02. The van der Waals surface area contributed by atoms with Gasteiger partial charge in [0.1, 0.15) is 5.60 Å². The number of hydrogen-bond donors (Lipinski definition) is 0. The first-order chi connectivity index (χ1) is 14.8. The molecule has 160 valence electrons. The Hall–Kier alpha value is -3.07. The van der Waals surface area contributed by atoms with Crippen molar-refractivity contribution in [2.24, 2.45) is 5.92 Å². The van der Waals surface area contributed by atoms with E-state index in [2.05, 4.69) is 79.7 Å². The minimum absolute atomic E-state index is 0.105. The second-order valence-electron chi connectivity index (χ2n) is 9.40. The molecule has 0 heterocycles. The van der Waals surface area contributed by atoms with Crippen LogP contribution in [0.2, 0.25) is 0 Å². The molecule has 2 atom stereocenters. The maximum absolute atomic E-state index is 13.3. The Morgan fingerprint density at radius 2 is 1.74 bits per heavy atom. The molecule has 0 bridgehead atoms. The Morgan fingerprint density at radius 3 is 2.55 bits per heavy atom. The topological polar surface area (TPSA) is 29.5 Å². The lowest BCUT2D eigenvalue weighted by Gasteiger charge is -2.35. The van der Waals surface area contributed by atoms with E-state index >= 15 is 0 Å². The van der Waals surface area contributed by atoms with E-state index in [9.17, 15) is 4.79 Å². The molecule has 3 heteroatoms. The molecular weight excluding hydrogens is 382 g/mol. The number of hydrogen-bond acceptors (Lipinski definition) is 2. The quantitative estimate of drug-likeness (QED) is 0.460. The second-order valence-corrected chi connectivity index (χ2v) is 9.40. The Morgan fingerprint density at radius 1 is 1.03 bits per heavy atom. The summed E-state index contributed by atoms with van der Waals surface area (Å²) in [7, 11) is 0. The van der Waals surface area contributed by atoms with Crippen LogP contribution in [0.5, 0.6) is 0 Å². The third-order valence-corrected chi connectivity index (χ3v) is 5.89. The van der Waals surface area contributed by atoms with Gasteiger partial charge in [-0.15, -0.1) is 0 Å². The Labute approximate surface area is 185 Å². The average Bonchev–Trinajstić information content (AvgIpc) is 2.75. The number of carbonyl (C=O) groups excluding carboxylic acids is 1. The summed E-state index contributed by atoms with van der Waals surface area (Å²) in [5.41, 5.74) is 3.20. The van der Waals surface area contributed by atoms with Crippen molar-refractivity contribution in [3.63, 3.8) is 0 Å². The molecule has 4 rings (SSSR count). The van der Waals surface area contributed by atoms with Crippen LogP contribution in [-0.2, 0) is 11.2 Å². The highest BCUT2D eigenvalue weighted by molar-refractivity contribution is 5.86. The van der Waals surface area contributed by atoms with Gasteiger partial charge in [-0.05, 0) is 67.5 Å². The normalized spacial score (nSPS) is 16.6. The monoisotopic (exact) mass is 413 g/mol. The van der Waals surface area contributed by atoms with Gasteiger partial charge in [0.25, 0.3) is 0 Å². The Balaban J connectivity index is 1.65. The number of nitrogens with zero attached hydrogens (tertiary/aromatic N) is 1. The molecule has 0 N–H and O–H groups in total. The van der Waals surface area contributed by atoms with E-state index in [0.29, 0.717) is 6.54 Å². The summed E-state index contributed by atoms with van der Waals surface area (Å²) in [5, 5.41) is 2.36. The van der Waals surface area contributed by atoms with Gasteiger partial charge in [0.2, 0.25) is 0 Å². The highest BCUT2D eigenvalue weighted by Crippen LogP contribution is 2.32. The lowest BCUT2D eigenvalue weighted by atomic mass is 9.89. The first-order valence-corrected chi connectivity index (χ1v) is 11.1. The third-order valence-electron chi connectivity index (χ3n) is 5.89. The van der Waals surface area contributed by atoms with Crippen molar-refractivity contribution in [3.05, 3.63) is 89.5 Å². The zero-order chi connectivity index (χ0) is 22.0. The molecular formula is C28H31NO2. The van der Waals surface area contributed by atoms with Gasteiger partial charge in [-0.2, -0.15) is 0 Å². The molecule has 0 radical (unpaired) electrons. The summed E-state index contributed by atoms with van der Waals surface area (Å²) in [6, 6.07) is 23.0. The Kier molecular flexibility index (Phi) is 5.86. The fourth-order valence-electron chi connectivity index (χ4n) is 4.34. The van der Waals surface area contributed by atoms with Crippen LogP contribution in [0.4, 0.5) is 4.79 Å². The molecule has 0 saturated heterocycles. The number of fused-ring (bicyclic) bond motifs is 2. The zero-order valence-electron chi connectivity index (χ0n) is 18.8. The smallest absolute Gasteiger partial charge is 0.410 e. The van der Waals surface area contributed by atoms with Gasteiger partial charge in [0, 0.05) is 6.54 Å². The predicted molar refractivity (Wildman–Crippen MR) is 128 cm³/mol. The SMILES string of the molecule is C[C@H](c1cccc2ccccc12)N(CC1C=Cc2ccccc2C1)C(=O)OC(C)(C)C. The summed E-state index contributed by atoms with van der Waals surface area (Å²) in [4.78, 5) is 15.2. The van der Waals surface area contributed by atoms with E-state index < -0.39 is 5.60 Å². The van der Waals surface area contributed by atoms with Gasteiger partial charge < -0.3 is 9.64 Å². The van der Waals surface area contributed by atoms with Crippen LogP contribution in [0.15, 0.2) is 72.8 Å². The number of ether oxygens (including phenoxy) is 1. The molecule has 1 aliphatic rings. The van der Waals surface area contributed by atoms with Gasteiger partial charge >= 0.3 is 6.09 Å². The molecule has 0 fully saturated rings. The number of benzene rings is 3. The second kappa shape index (κ2) is 8.58. The first-order valence-electron chi connectivity index (χ1n) is 11.1. The van der Waals surface area contributed by atoms with Crippen molar-refractivity contribution >= 4 is 22.9 Å². The summed E-state index contributed by atoms with van der Waals surface area (Å²) >= 11 is 0. The maximum atomic E-state index is 13.3. The van der Waals surface area contributed by atoms with Gasteiger partial charge in [0.15, 0.2) is 0 Å². The number of amides is 1. The van der Waals surface area contributed by atoms with Crippen molar-refractivity contribution in [3.8, 4) is 0 Å². The molecule has 31 heavy (non-hydrogen) atoms. The van der Waals surface area contributed by atoms with Gasteiger partial charge in [-0.25, -0.2) is 4.79 Å². The zero-order valence-corrected chi connectivity index (χ0v) is 18.8. The van der Waals surface area contributed by atoms with Crippen molar-refractivity contribution in [1.29, 1.82) is 0 Å². The highest BCUT2D eigenvalue weighted by Gasteiger charge is 2.30. The van der Waals surface area contributed by atoms with E-state index in [1.807, 2.05) is 31.7 Å². The van der Waals surface area contributed by atoms with Crippen molar-refractivity contribution in [1.82, 2.24) is 4.90 Å². The van der Waals surface area contributed by atoms with Crippen LogP contribution in [0, 0.1) is 5.92 Å². The third kappa shape index (κ3) is 4.82. The minimum Gasteiger partial charge on any atom is -0.444 e. The van der Waals surface area contributed by atoms with Crippen LogP contribution in [0.25, 0.3) is 16.8 Å². The minimum atomic E-state index is -0.539. The number of rotatable bonds is 4. The summed E-state index contributed by atoms with van der Waals surface area (Å²) < 4.78 is 5.83. The standard InChI is InChI=1S/C28H31NO2/c1-20(25-15-9-13-23-11-7-8-14-26(23)25)29(27(30)31-28(2,3)4)19-21-16-17-22-10-5-6-12-24(22)18-21/h5-17,20-21H,18-19H2,1-4H3/t20-,21?/m1/s1. The molecule has 1 amide bonds. The average molecular weight is 414 g/mol. The van der Waals surface area contributed by atoms with E-state index in [-0.39, 0.29) is 18.1 Å². The molecule has 3 aromatic carbocycles. The summed E-state index contributed by atoms with van der Waals surface area (Å²) in [6.07, 6.45) is 5.07. The first kappa shape index (κ1) is 21.2. The molecule has 1 unspecified atom stereocenters. The molecule has 1 aliphatic carbocycles.